The van der Waals surface area contributed by atoms with Crippen LogP contribution in [0.1, 0.15) is 31.5 Å². The summed E-state index contributed by atoms with van der Waals surface area (Å²) in [6, 6.07) is 0. The SMILES string of the molecule is CCN(CC)CCCn1cc2c(n1)CNCC2. The summed E-state index contributed by atoms with van der Waals surface area (Å²) < 4.78 is 2.13. The van der Waals surface area contributed by atoms with Gasteiger partial charge in [0.15, 0.2) is 0 Å². The van der Waals surface area contributed by atoms with Gasteiger partial charge in [-0.3, -0.25) is 4.68 Å². The molecule has 0 unspecified atom stereocenters. The van der Waals surface area contributed by atoms with E-state index in [9.17, 15) is 0 Å². The molecule has 2 rings (SSSR count). The van der Waals surface area contributed by atoms with Crippen molar-refractivity contribution in [3.8, 4) is 0 Å². The third-order valence-electron chi connectivity index (χ3n) is 3.54. The average Bonchev–Trinajstić information content (AvgIpc) is 2.77. The summed E-state index contributed by atoms with van der Waals surface area (Å²) in [4.78, 5) is 2.46. The van der Waals surface area contributed by atoms with E-state index in [0.717, 1.165) is 39.1 Å². The lowest BCUT2D eigenvalue weighted by Crippen LogP contribution is -2.25. The van der Waals surface area contributed by atoms with Gasteiger partial charge in [0, 0.05) is 19.3 Å². The van der Waals surface area contributed by atoms with Gasteiger partial charge >= 0.3 is 0 Å². The smallest absolute Gasteiger partial charge is 0.0794 e. The number of hydrogen-bond acceptors (Lipinski definition) is 3. The Balaban J connectivity index is 1.81. The quantitative estimate of drug-likeness (QED) is 0.807. The van der Waals surface area contributed by atoms with E-state index in [1.807, 2.05) is 0 Å². The zero-order chi connectivity index (χ0) is 12.1. The molecule has 0 saturated carbocycles. The molecule has 0 radical (unpaired) electrons. The lowest BCUT2D eigenvalue weighted by molar-refractivity contribution is 0.291. The third kappa shape index (κ3) is 3.30. The van der Waals surface area contributed by atoms with Crippen molar-refractivity contribution in [1.82, 2.24) is 20.0 Å². The Bertz CT molecular complexity index is 318. The zero-order valence-electron chi connectivity index (χ0n) is 11.1. The molecule has 0 bridgehead atoms. The Labute approximate surface area is 104 Å². The highest BCUT2D eigenvalue weighted by molar-refractivity contribution is 5.19. The summed E-state index contributed by atoms with van der Waals surface area (Å²) in [6.45, 7) is 11.0. The average molecular weight is 236 g/mol. The maximum absolute atomic E-state index is 4.63. The molecule has 1 N–H and O–H groups in total. The number of rotatable bonds is 6. The molecule has 17 heavy (non-hydrogen) atoms. The summed E-state index contributed by atoms with van der Waals surface area (Å²) >= 11 is 0. The van der Waals surface area contributed by atoms with Gasteiger partial charge in [0.2, 0.25) is 0 Å². The van der Waals surface area contributed by atoms with E-state index in [-0.39, 0.29) is 0 Å². The fourth-order valence-electron chi connectivity index (χ4n) is 2.40. The van der Waals surface area contributed by atoms with Crippen molar-refractivity contribution in [1.29, 1.82) is 0 Å². The molecule has 1 aliphatic heterocycles. The van der Waals surface area contributed by atoms with E-state index >= 15 is 0 Å². The van der Waals surface area contributed by atoms with Crippen LogP contribution in [0.5, 0.6) is 0 Å². The van der Waals surface area contributed by atoms with Crippen molar-refractivity contribution in [2.45, 2.75) is 39.8 Å². The molecule has 96 valence electrons. The molecule has 0 aliphatic carbocycles. The fraction of sp³-hybridized carbons (Fsp3) is 0.769. The zero-order valence-corrected chi connectivity index (χ0v) is 11.1. The van der Waals surface area contributed by atoms with Gasteiger partial charge in [-0.05, 0) is 44.6 Å². The molecule has 4 nitrogen and oxygen atoms in total. The molecule has 0 atom stereocenters. The molecule has 2 heterocycles. The van der Waals surface area contributed by atoms with Gasteiger partial charge in [-0.1, -0.05) is 13.8 Å². The summed E-state index contributed by atoms with van der Waals surface area (Å²) in [5, 5.41) is 8.00. The maximum atomic E-state index is 4.63. The van der Waals surface area contributed by atoms with Crippen LogP contribution in [-0.2, 0) is 19.5 Å². The summed E-state index contributed by atoms with van der Waals surface area (Å²) in [6.07, 6.45) is 4.56. The van der Waals surface area contributed by atoms with Crippen LogP contribution in [0.3, 0.4) is 0 Å². The maximum Gasteiger partial charge on any atom is 0.0794 e. The van der Waals surface area contributed by atoms with Gasteiger partial charge in [0.05, 0.1) is 5.69 Å². The van der Waals surface area contributed by atoms with Crippen LogP contribution >= 0.6 is 0 Å². The van der Waals surface area contributed by atoms with Crippen LogP contribution < -0.4 is 5.32 Å². The number of nitrogens with zero attached hydrogens (tertiary/aromatic N) is 3. The second kappa shape index (κ2) is 6.17. The molecule has 1 aromatic heterocycles. The third-order valence-corrected chi connectivity index (χ3v) is 3.54. The van der Waals surface area contributed by atoms with Crippen molar-refractivity contribution in [3.05, 3.63) is 17.5 Å². The van der Waals surface area contributed by atoms with Gasteiger partial charge in [-0.2, -0.15) is 5.10 Å². The van der Waals surface area contributed by atoms with Crippen molar-refractivity contribution in [3.63, 3.8) is 0 Å². The summed E-state index contributed by atoms with van der Waals surface area (Å²) in [7, 11) is 0. The number of fused-ring (bicyclic) bond motifs is 1. The minimum Gasteiger partial charge on any atom is -0.311 e. The topological polar surface area (TPSA) is 33.1 Å². The van der Waals surface area contributed by atoms with Crippen molar-refractivity contribution >= 4 is 0 Å². The second-order valence-corrected chi connectivity index (χ2v) is 4.67. The van der Waals surface area contributed by atoms with Crippen molar-refractivity contribution < 1.29 is 0 Å². The largest absolute Gasteiger partial charge is 0.311 e. The standard InChI is InChI=1S/C13H24N4/c1-3-16(4-2)8-5-9-17-11-12-6-7-14-10-13(12)15-17/h11,14H,3-10H2,1-2H3. The van der Waals surface area contributed by atoms with Crippen LogP contribution in [0.15, 0.2) is 6.20 Å². The monoisotopic (exact) mass is 236 g/mol. The molecule has 0 saturated heterocycles. The molecule has 0 aromatic carbocycles. The molecule has 1 aliphatic rings. The minimum atomic E-state index is 0.943. The highest BCUT2D eigenvalue weighted by atomic mass is 15.3. The first-order chi connectivity index (χ1) is 8.33. The molecule has 0 spiro atoms. The minimum absolute atomic E-state index is 0.943. The van der Waals surface area contributed by atoms with Gasteiger partial charge < -0.3 is 10.2 Å². The molecule has 4 heteroatoms. The van der Waals surface area contributed by atoms with Crippen LogP contribution in [0.4, 0.5) is 0 Å². The molecule has 0 fully saturated rings. The molecule has 1 aromatic rings. The van der Waals surface area contributed by atoms with E-state index in [4.69, 9.17) is 0 Å². The first-order valence-electron chi connectivity index (χ1n) is 6.81. The van der Waals surface area contributed by atoms with Gasteiger partial charge in [-0.25, -0.2) is 0 Å². The summed E-state index contributed by atoms with van der Waals surface area (Å²) in [5.41, 5.74) is 2.69. The predicted octanol–water partition coefficient (Wildman–Crippen LogP) is 1.26. The highest BCUT2D eigenvalue weighted by Crippen LogP contribution is 2.11. The lowest BCUT2D eigenvalue weighted by Gasteiger charge is -2.17. The van der Waals surface area contributed by atoms with Crippen LogP contribution in [0.25, 0.3) is 0 Å². The molecule has 0 amide bonds. The fourth-order valence-corrected chi connectivity index (χ4v) is 2.40. The lowest BCUT2D eigenvalue weighted by atomic mass is 10.1. The van der Waals surface area contributed by atoms with Gasteiger partial charge in [0.1, 0.15) is 0 Å². The Morgan fingerprint density at radius 3 is 2.94 bits per heavy atom. The van der Waals surface area contributed by atoms with Gasteiger partial charge in [0.25, 0.3) is 0 Å². The Hall–Kier alpha value is -0.870. The second-order valence-electron chi connectivity index (χ2n) is 4.67. The number of aromatic nitrogens is 2. The normalized spacial score (nSPS) is 15.2. The molecular weight excluding hydrogens is 212 g/mol. The molecular formula is C13H24N4. The van der Waals surface area contributed by atoms with Crippen molar-refractivity contribution in [2.24, 2.45) is 0 Å². The number of nitrogens with one attached hydrogen (secondary N) is 1. The highest BCUT2D eigenvalue weighted by Gasteiger charge is 2.12. The Kier molecular flexibility index (Phi) is 4.57. The first kappa shape index (κ1) is 12.6. The van der Waals surface area contributed by atoms with E-state index in [0.29, 0.717) is 0 Å². The van der Waals surface area contributed by atoms with E-state index in [1.54, 1.807) is 0 Å². The van der Waals surface area contributed by atoms with E-state index in [1.165, 1.54) is 24.2 Å². The Morgan fingerprint density at radius 1 is 1.41 bits per heavy atom. The first-order valence-corrected chi connectivity index (χ1v) is 6.81. The van der Waals surface area contributed by atoms with Crippen LogP contribution in [0, 0.1) is 0 Å². The number of hydrogen-bond donors (Lipinski definition) is 1. The van der Waals surface area contributed by atoms with Crippen LogP contribution in [-0.4, -0.2) is 40.9 Å². The predicted molar refractivity (Wildman–Crippen MR) is 70.0 cm³/mol. The van der Waals surface area contributed by atoms with E-state index < -0.39 is 0 Å². The van der Waals surface area contributed by atoms with Gasteiger partial charge in [-0.15, -0.1) is 0 Å². The Morgan fingerprint density at radius 2 is 2.24 bits per heavy atom. The van der Waals surface area contributed by atoms with Crippen LogP contribution in [0.2, 0.25) is 0 Å². The van der Waals surface area contributed by atoms with Crippen molar-refractivity contribution in [2.75, 3.05) is 26.2 Å². The summed E-state index contributed by atoms with van der Waals surface area (Å²) in [5.74, 6) is 0. The van der Waals surface area contributed by atoms with E-state index in [2.05, 4.69) is 40.0 Å². The number of aryl methyl sites for hydroxylation is 1.